The second kappa shape index (κ2) is 5.73. The maximum Gasteiger partial charge on any atom is 0.172 e. The van der Waals surface area contributed by atoms with E-state index in [2.05, 4.69) is 22.0 Å². The number of Topliss-reactive ketones (excluding diaryl/α,β-unsaturated/α-hetero) is 1. The third kappa shape index (κ3) is 3.05. The van der Waals surface area contributed by atoms with Gasteiger partial charge >= 0.3 is 0 Å². The van der Waals surface area contributed by atoms with Gasteiger partial charge in [0.05, 0.1) is 6.42 Å². The summed E-state index contributed by atoms with van der Waals surface area (Å²) >= 11 is 0. The van der Waals surface area contributed by atoms with Crippen LogP contribution in [-0.2, 0) is 13.0 Å². The summed E-state index contributed by atoms with van der Waals surface area (Å²) in [6.07, 6.45) is 2.74. The molecule has 0 bridgehead atoms. The molecule has 5 nitrogen and oxygen atoms in total. The first-order chi connectivity index (χ1) is 9.11. The lowest BCUT2D eigenvalue weighted by atomic mass is 10.1. The Kier molecular flexibility index (Phi) is 4.04. The molecule has 2 aromatic rings. The van der Waals surface area contributed by atoms with Crippen molar-refractivity contribution in [3.8, 4) is 0 Å². The molecule has 2 rings (SSSR count). The predicted molar refractivity (Wildman–Crippen MR) is 72.1 cm³/mol. The highest BCUT2D eigenvalue weighted by Crippen LogP contribution is 2.10. The zero-order valence-electron chi connectivity index (χ0n) is 11.6. The third-order valence-corrected chi connectivity index (χ3v) is 2.98. The third-order valence-electron chi connectivity index (χ3n) is 2.98. The molecule has 0 unspecified atom stereocenters. The van der Waals surface area contributed by atoms with Gasteiger partial charge in [0.15, 0.2) is 5.78 Å². The van der Waals surface area contributed by atoms with Gasteiger partial charge in [-0.3, -0.25) is 9.78 Å². The number of carbonyl (C=O) groups excluding carboxylic acids is 1. The van der Waals surface area contributed by atoms with Crippen molar-refractivity contribution in [2.75, 3.05) is 0 Å². The molecule has 0 saturated carbocycles. The van der Waals surface area contributed by atoms with E-state index in [1.54, 1.807) is 4.68 Å². The molecule has 0 atom stereocenters. The van der Waals surface area contributed by atoms with Gasteiger partial charge in [-0.2, -0.15) is 5.10 Å². The van der Waals surface area contributed by atoms with E-state index in [1.807, 2.05) is 26.0 Å². The van der Waals surface area contributed by atoms with Gasteiger partial charge in [-0.05, 0) is 32.4 Å². The standard InChI is InChI=1S/C14H18N4O/c1-4-7-18-14(15-9-16-18)8-13(19)12-6-5-10(2)17-11(12)3/h5-6,9H,4,7-8H2,1-3H3. The summed E-state index contributed by atoms with van der Waals surface area (Å²) in [4.78, 5) is 20.8. The fourth-order valence-corrected chi connectivity index (χ4v) is 2.04. The largest absolute Gasteiger partial charge is 0.294 e. The lowest BCUT2D eigenvalue weighted by molar-refractivity contribution is 0.0988. The van der Waals surface area contributed by atoms with Crippen molar-refractivity contribution in [2.45, 2.75) is 40.2 Å². The Hall–Kier alpha value is -2.04. The van der Waals surface area contributed by atoms with Gasteiger partial charge < -0.3 is 0 Å². The topological polar surface area (TPSA) is 60.7 Å². The second-order valence-electron chi connectivity index (χ2n) is 4.58. The maximum absolute atomic E-state index is 12.3. The Morgan fingerprint density at radius 2 is 2.11 bits per heavy atom. The van der Waals surface area contributed by atoms with Gasteiger partial charge in [-0.25, -0.2) is 9.67 Å². The highest BCUT2D eigenvalue weighted by atomic mass is 16.1. The van der Waals surface area contributed by atoms with E-state index >= 15 is 0 Å². The molecule has 0 fully saturated rings. The van der Waals surface area contributed by atoms with Crippen LogP contribution in [0.25, 0.3) is 0 Å². The lowest BCUT2D eigenvalue weighted by Gasteiger charge is -2.06. The van der Waals surface area contributed by atoms with Gasteiger partial charge in [0.1, 0.15) is 12.2 Å². The number of aromatic nitrogens is 4. The monoisotopic (exact) mass is 258 g/mol. The molecule has 0 aromatic carbocycles. The number of aryl methyl sites for hydroxylation is 3. The number of ketones is 1. The Labute approximate surface area is 112 Å². The van der Waals surface area contributed by atoms with E-state index in [0.29, 0.717) is 11.4 Å². The molecule has 5 heteroatoms. The number of hydrogen-bond acceptors (Lipinski definition) is 4. The minimum atomic E-state index is 0.0374. The lowest BCUT2D eigenvalue weighted by Crippen LogP contribution is -2.13. The smallest absolute Gasteiger partial charge is 0.172 e. The summed E-state index contributed by atoms with van der Waals surface area (Å²) in [5.74, 6) is 0.752. The highest BCUT2D eigenvalue weighted by Gasteiger charge is 2.14. The first-order valence-corrected chi connectivity index (χ1v) is 6.46. The summed E-state index contributed by atoms with van der Waals surface area (Å²) in [7, 11) is 0. The van der Waals surface area contributed by atoms with Crippen molar-refractivity contribution in [3.63, 3.8) is 0 Å². The molecule has 0 N–H and O–H groups in total. The average molecular weight is 258 g/mol. The Morgan fingerprint density at radius 3 is 2.79 bits per heavy atom. The van der Waals surface area contributed by atoms with Gasteiger partial charge in [0.2, 0.25) is 0 Å². The number of carbonyl (C=O) groups is 1. The molecule has 0 aliphatic heterocycles. The zero-order chi connectivity index (χ0) is 13.8. The average Bonchev–Trinajstić information content (AvgIpc) is 2.77. The Morgan fingerprint density at radius 1 is 1.32 bits per heavy atom. The first kappa shape index (κ1) is 13.4. The van der Waals surface area contributed by atoms with Crippen molar-refractivity contribution in [2.24, 2.45) is 0 Å². The number of nitrogens with zero attached hydrogens (tertiary/aromatic N) is 4. The molecule has 2 heterocycles. The number of pyridine rings is 1. The van der Waals surface area contributed by atoms with Crippen LogP contribution in [0, 0.1) is 13.8 Å². The summed E-state index contributed by atoms with van der Waals surface area (Å²) in [6, 6.07) is 3.69. The molecule has 0 amide bonds. The zero-order valence-corrected chi connectivity index (χ0v) is 11.6. The van der Waals surface area contributed by atoms with E-state index in [4.69, 9.17) is 0 Å². The van der Waals surface area contributed by atoms with Crippen LogP contribution >= 0.6 is 0 Å². The van der Waals surface area contributed by atoms with Crippen LogP contribution in [0.4, 0.5) is 0 Å². The Bertz CT molecular complexity index is 589. The normalized spacial score (nSPS) is 10.7. The van der Waals surface area contributed by atoms with Gasteiger partial charge in [-0.1, -0.05) is 6.92 Å². The van der Waals surface area contributed by atoms with Crippen LogP contribution in [-0.4, -0.2) is 25.5 Å². The molecule has 100 valence electrons. The summed E-state index contributed by atoms with van der Waals surface area (Å²) in [5, 5.41) is 4.13. The maximum atomic E-state index is 12.3. The van der Waals surface area contributed by atoms with Crippen molar-refractivity contribution in [3.05, 3.63) is 41.2 Å². The van der Waals surface area contributed by atoms with Gasteiger partial charge in [0.25, 0.3) is 0 Å². The molecular weight excluding hydrogens is 240 g/mol. The number of hydrogen-bond donors (Lipinski definition) is 0. The first-order valence-electron chi connectivity index (χ1n) is 6.46. The molecule has 0 aliphatic carbocycles. The molecule has 0 spiro atoms. The molecule has 0 radical (unpaired) electrons. The van der Waals surface area contributed by atoms with Crippen molar-refractivity contribution in [1.82, 2.24) is 19.7 Å². The van der Waals surface area contributed by atoms with E-state index in [1.165, 1.54) is 6.33 Å². The van der Waals surface area contributed by atoms with Crippen molar-refractivity contribution >= 4 is 5.78 Å². The fourth-order valence-electron chi connectivity index (χ4n) is 2.04. The SMILES string of the molecule is CCCn1ncnc1CC(=O)c1ccc(C)nc1C. The molecular formula is C14H18N4O. The summed E-state index contributed by atoms with van der Waals surface area (Å²) in [5.41, 5.74) is 2.35. The van der Waals surface area contributed by atoms with E-state index in [0.717, 1.165) is 24.4 Å². The Balaban J connectivity index is 2.18. The van der Waals surface area contributed by atoms with E-state index < -0.39 is 0 Å². The fraction of sp³-hybridized carbons (Fsp3) is 0.429. The second-order valence-corrected chi connectivity index (χ2v) is 4.58. The van der Waals surface area contributed by atoms with E-state index in [9.17, 15) is 4.79 Å². The van der Waals surface area contributed by atoms with Crippen molar-refractivity contribution in [1.29, 1.82) is 0 Å². The highest BCUT2D eigenvalue weighted by molar-refractivity contribution is 5.98. The summed E-state index contributed by atoms with van der Waals surface area (Å²) in [6.45, 7) is 6.63. The quantitative estimate of drug-likeness (QED) is 0.771. The van der Waals surface area contributed by atoms with Gasteiger partial charge in [-0.15, -0.1) is 0 Å². The molecule has 0 saturated heterocycles. The molecule has 19 heavy (non-hydrogen) atoms. The molecule has 2 aromatic heterocycles. The van der Waals surface area contributed by atoms with Crippen LogP contribution in [0.15, 0.2) is 18.5 Å². The predicted octanol–water partition coefficient (Wildman–Crippen LogP) is 2.13. The van der Waals surface area contributed by atoms with Crippen molar-refractivity contribution < 1.29 is 4.79 Å². The van der Waals surface area contributed by atoms with Crippen LogP contribution < -0.4 is 0 Å². The van der Waals surface area contributed by atoms with E-state index in [-0.39, 0.29) is 12.2 Å². The van der Waals surface area contributed by atoms with Crippen LogP contribution in [0.5, 0.6) is 0 Å². The minimum absolute atomic E-state index is 0.0374. The van der Waals surface area contributed by atoms with Gasteiger partial charge in [0, 0.05) is 23.5 Å². The van der Waals surface area contributed by atoms with Crippen LogP contribution in [0.2, 0.25) is 0 Å². The number of rotatable bonds is 5. The minimum Gasteiger partial charge on any atom is -0.294 e. The van der Waals surface area contributed by atoms with Crippen LogP contribution in [0.1, 0.15) is 40.9 Å². The van der Waals surface area contributed by atoms with Crippen LogP contribution in [0.3, 0.4) is 0 Å². The molecule has 0 aliphatic rings. The summed E-state index contributed by atoms with van der Waals surface area (Å²) < 4.78 is 1.79.